The molecule has 3 heteroatoms. The number of likely N-dealkylation sites (N-methyl/N-ethyl adjacent to an activating group) is 1. The zero-order chi connectivity index (χ0) is 10.2. The molecule has 1 saturated heterocycles. The average molecular weight is 258 g/mol. The van der Waals surface area contributed by atoms with Gasteiger partial charge in [0.05, 0.1) is 0 Å². The van der Waals surface area contributed by atoms with Gasteiger partial charge >= 0.3 is 0 Å². The van der Waals surface area contributed by atoms with Crippen LogP contribution in [0.25, 0.3) is 0 Å². The van der Waals surface area contributed by atoms with Crippen molar-refractivity contribution < 1.29 is 4.39 Å². The Kier molecular flexibility index (Phi) is 2.62. The summed E-state index contributed by atoms with van der Waals surface area (Å²) in [6.07, 6.45) is 0.602. The minimum absolute atomic E-state index is 0.509. The Morgan fingerprint density at radius 1 is 1.36 bits per heavy atom. The molecule has 0 radical (unpaired) electrons. The van der Waals surface area contributed by atoms with Gasteiger partial charge in [0.1, 0.15) is 5.67 Å². The lowest BCUT2D eigenvalue weighted by molar-refractivity contribution is 0.174. The summed E-state index contributed by atoms with van der Waals surface area (Å²) in [4.78, 5) is 2.03. The largest absolute Gasteiger partial charge is 0.303 e. The van der Waals surface area contributed by atoms with E-state index in [0.717, 1.165) is 16.6 Å². The third kappa shape index (κ3) is 1.84. The summed E-state index contributed by atoms with van der Waals surface area (Å²) in [5.41, 5.74) is -0.347. The lowest BCUT2D eigenvalue weighted by atomic mass is 9.95. The molecule has 1 heterocycles. The second-order valence-electron chi connectivity index (χ2n) is 3.96. The predicted octanol–water partition coefficient (Wildman–Crippen LogP) is 2.95. The summed E-state index contributed by atoms with van der Waals surface area (Å²) < 4.78 is 15.4. The minimum atomic E-state index is -1.14. The van der Waals surface area contributed by atoms with E-state index in [9.17, 15) is 4.39 Å². The van der Waals surface area contributed by atoms with E-state index in [0.29, 0.717) is 13.0 Å². The van der Waals surface area contributed by atoms with Crippen molar-refractivity contribution in [3.8, 4) is 0 Å². The second kappa shape index (κ2) is 3.63. The van der Waals surface area contributed by atoms with E-state index in [2.05, 4.69) is 15.9 Å². The van der Waals surface area contributed by atoms with Crippen molar-refractivity contribution in [3.05, 3.63) is 34.3 Å². The van der Waals surface area contributed by atoms with Crippen LogP contribution in [0.1, 0.15) is 12.0 Å². The summed E-state index contributed by atoms with van der Waals surface area (Å²) in [6.45, 7) is 1.35. The molecule has 1 fully saturated rings. The van der Waals surface area contributed by atoms with Crippen molar-refractivity contribution in [3.63, 3.8) is 0 Å². The highest BCUT2D eigenvalue weighted by Crippen LogP contribution is 2.35. The van der Waals surface area contributed by atoms with Gasteiger partial charge in [-0.1, -0.05) is 28.1 Å². The molecule has 1 aromatic carbocycles. The van der Waals surface area contributed by atoms with Crippen molar-refractivity contribution in [2.45, 2.75) is 12.1 Å². The second-order valence-corrected chi connectivity index (χ2v) is 4.88. The van der Waals surface area contributed by atoms with Crippen molar-refractivity contribution in [1.82, 2.24) is 4.90 Å². The molecule has 1 aromatic rings. The van der Waals surface area contributed by atoms with Crippen LogP contribution in [0.5, 0.6) is 0 Å². The number of likely N-dealkylation sites (tertiary alicyclic amines) is 1. The molecule has 0 aliphatic carbocycles. The first-order valence-corrected chi connectivity index (χ1v) is 5.53. The Hall–Kier alpha value is -0.410. The molecule has 1 atom stereocenters. The minimum Gasteiger partial charge on any atom is -0.303 e. The Bertz CT molecular complexity index is 325. The molecule has 0 amide bonds. The standard InChI is InChI=1S/C11H13BrFN/c1-14-7-6-11(13,8-14)9-2-4-10(12)5-3-9/h2-5H,6-8H2,1H3. The molecule has 14 heavy (non-hydrogen) atoms. The summed E-state index contributed by atoms with van der Waals surface area (Å²) >= 11 is 3.35. The van der Waals surface area contributed by atoms with Crippen molar-refractivity contribution in [2.75, 3.05) is 20.1 Å². The fourth-order valence-electron chi connectivity index (χ4n) is 1.94. The number of benzene rings is 1. The van der Waals surface area contributed by atoms with E-state index >= 15 is 0 Å². The van der Waals surface area contributed by atoms with Crippen LogP contribution < -0.4 is 0 Å². The lowest BCUT2D eigenvalue weighted by Crippen LogP contribution is -2.24. The van der Waals surface area contributed by atoms with E-state index in [-0.39, 0.29) is 0 Å². The SMILES string of the molecule is CN1CCC(F)(c2ccc(Br)cc2)C1. The van der Waals surface area contributed by atoms with Crippen molar-refractivity contribution >= 4 is 15.9 Å². The van der Waals surface area contributed by atoms with Gasteiger partial charge in [-0.25, -0.2) is 4.39 Å². The van der Waals surface area contributed by atoms with Crippen LogP contribution in [0, 0.1) is 0 Å². The first kappa shape index (κ1) is 10.1. The highest BCUT2D eigenvalue weighted by molar-refractivity contribution is 9.10. The maximum atomic E-state index is 14.4. The van der Waals surface area contributed by atoms with Crippen LogP contribution in [0.15, 0.2) is 28.7 Å². The Morgan fingerprint density at radius 2 is 2.00 bits per heavy atom. The zero-order valence-electron chi connectivity index (χ0n) is 8.13. The number of halogens is 2. The molecule has 0 saturated carbocycles. The van der Waals surface area contributed by atoms with Gasteiger partial charge in [-0.05, 0) is 31.2 Å². The van der Waals surface area contributed by atoms with Crippen LogP contribution in [-0.4, -0.2) is 25.0 Å². The molecule has 1 unspecified atom stereocenters. The molecule has 0 aromatic heterocycles. The van der Waals surface area contributed by atoms with Crippen molar-refractivity contribution in [2.24, 2.45) is 0 Å². The quantitative estimate of drug-likeness (QED) is 0.748. The maximum absolute atomic E-state index is 14.4. The van der Waals surface area contributed by atoms with Gasteiger partial charge < -0.3 is 4.90 Å². The van der Waals surface area contributed by atoms with Crippen LogP contribution in [-0.2, 0) is 5.67 Å². The first-order valence-electron chi connectivity index (χ1n) is 4.74. The molecule has 2 rings (SSSR count). The normalized spacial score (nSPS) is 28.2. The third-order valence-corrected chi connectivity index (χ3v) is 3.30. The Labute approximate surface area is 92.0 Å². The van der Waals surface area contributed by atoms with E-state index in [4.69, 9.17) is 0 Å². The highest BCUT2D eigenvalue weighted by Gasteiger charge is 2.38. The summed E-state index contributed by atoms with van der Waals surface area (Å²) in [6, 6.07) is 7.52. The van der Waals surface area contributed by atoms with E-state index in [1.165, 1.54) is 0 Å². The lowest BCUT2D eigenvalue weighted by Gasteiger charge is -2.19. The molecule has 0 spiro atoms. The predicted molar refractivity (Wildman–Crippen MR) is 59.0 cm³/mol. The number of hydrogen-bond donors (Lipinski definition) is 0. The molecule has 1 nitrogen and oxygen atoms in total. The monoisotopic (exact) mass is 257 g/mol. The van der Waals surface area contributed by atoms with Crippen LogP contribution in [0.4, 0.5) is 4.39 Å². The van der Waals surface area contributed by atoms with E-state index in [1.807, 2.05) is 36.2 Å². The topological polar surface area (TPSA) is 3.24 Å². The van der Waals surface area contributed by atoms with Gasteiger partial charge in [0, 0.05) is 17.6 Å². The smallest absolute Gasteiger partial charge is 0.149 e. The number of hydrogen-bond acceptors (Lipinski definition) is 1. The molecular formula is C11H13BrFN. The average Bonchev–Trinajstić information content (AvgIpc) is 2.48. The molecule has 1 aliphatic rings. The molecule has 0 bridgehead atoms. The molecular weight excluding hydrogens is 245 g/mol. The van der Waals surface area contributed by atoms with Gasteiger partial charge in [0.2, 0.25) is 0 Å². The van der Waals surface area contributed by atoms with E-state index < -0.39 is 5.67 Å². The van der Waals surface area contributed by atoms with Gasteiger partial charge in [0.25, 0.3) is 0 Å². The Balaban J connectivity index is 2.26. The van der Waals surface area contributed by atoms with Gasteiger partial charge in [-0.2, -0.15) is 0 Å². The third-order valence-electron chi connectivity index (χ3n) is 2.77. The van der Waals surface area contributed by atoms with Crippen LogP contribution in [0.2, 0.25) is 0 Å². The van der Waals surface area contributed by atoms with E-state index in [1.54, 1.807) is 0 Å². The summed E-state index contributed by atoms with van der Waals surface area (Å²) in [5, 5.41) is 0. The zero-order valence-corrected chi connectivity index (χ0v) is 9.72. The van der Waals surface area contributed by atoms with Gasteiger partial charge in [-0.3, -0.25) is 0 Å². The number of alkyl halides is 1. The Morgan fingerprint density at radius 3 is 2.50 bits per heavy atom. The summed E-state index contributed by atoms with van der Waals surface area (Å²) in [7, 11) is 1.96. The number of nitrogens with zero attached hydrogens (tertiary/aromatic N) is 1. The fraction of sp³-hybridized carbons (Fsp3) is 0.455. The van der Waals surface area contributed by atoms with Crippen LogP contribution in [0.3, 0.4) is 0 Å². The van der Waals surface area contributed by atoms with Crippen molar-refractivity contribution in [1.29, 1.82) is 0 Å². The fourth-order valence-corrected chi connectivity index (χ4v) is 2.20. The van der Waals surface area contributed by atoms with Gasteiger partial charge in [-0.15, -0.1) is 0 Å². The number of rotatable bonds is 1. The van der Waals surface area contributed by atoms with Gasteiger partial charge in [0.15, 0.2) is 0 Å². The molecule has 0 N–H and O–H groups in total. The highest BCUT2D eigenvalue weighted by atomic mass is 79.9. The summed E-state index contributed by atoms with van der Waals surface area (Å²) in [5.74, 6) is 0. The molecule has 1 aliphatic heterocycles. The molecule has 76 valence electrons. The van der Waals surface area contributed by atoms with Crippen LogP contribution >= 0.6 is 15.9 Å². The maximum Gasteiger partial charge on any atom is 0.149 e. The first-order chi connectivity index (χ1) is 6.60.